The van der Waals surface area contributed by atoms with Crippen molar-refractivity contribution in [3.63, 3.8) is 0 Å². The summed E-state index contributed by atoms with van der Waals surface area (Å²) in [4.78, 5) is 12.0. The second-order valence-electron chi connectivity index (χ2n) is 3.89. The van der Waals surface area contributed by atoms with Gasteiger partial charge in [-0.2, -0.15) is 0 Å². The number of nitrogens with zero attached hydrogens (tertiary/aromatic N) is 6. The molecular weight excluding hydrogens is 244 g/mol. The quantitative estimate of drug-likeness (QED) is 0.828. The van der Waals surface area contributed by atoms with Gasteiger partial charge in [0.15, 0.2) is 11.4 Å². The number of carboxylic acids is 1. The van der Waals surface area contributed by atoms with Gasteiger partial charge in [0, 0.05) is 0 Å². The number of carboxylic acid groups (broad SMARTS) is 1. The molecule has 0 unspecified atom stereocenters. The third-order valence-corrected chi connectivity index (χ3v) is 3.70. The molecule has 0 spiro atoms. The first kappa shape index (κ1) is 10.3. The van der Waals surface area contributed by atoms with E-state index in [-0.39, 0.29) is 0 Å². The first-order valence-electron chi connectivity index (χ1n) is 5.04. The first-order chi connectivity index (χ1) is 8.24. The van der Waals surface area contributed by atoms with Gasteiger partial charge in [-0.1, -0.05) is 4.49 Å². The van der Waals surface area contributed by atoms with E-state index in [1.807, 2.05) is 0 Å². The lowest BCUT2D eigenvalue weighted by Gasteiger charge is -2.37. The van der Waals surface area contributed by atoms with Gasteiger partial charge >= 0.3 is 5.97 Å². The topological polar surface area (TPSA) is 107 Å². The second-order valence-corrected chi connectivity index (χ2v) is 4.67. The third-order valence-electron chi connectivity index (χ3n) is 3.04. The maximum Gasteiger partial charge on any atom is 0.331 e. The smallest absolute Gasteiger partial charge is 0.331 e. The van der Waals surface area contributed by atoms with Crippen molar-refractivity contribution in [1.82, 2.24) is 29.8 Å². The van der Waals surface area contributed by atoms with Crippen LogP contribution in [0, 0.1) is 0 Å². The van der Waals surface area contributed by atoms with Crippen LogP contribution in [-0.4, -0.2) is 40.9 Å². The van der Waals surface area contributed by atoms with Crippen molar-refractivity contribution in [2.45, 2.75) is 24.8 Å². The molecule has 1 aliphatic rings. The summed E-state index contributed by atoms with van der Waals surface area (Å²) in [6, 6.07) is 0. The van der Waals surface area contributed by atoms with E-state index >= 15 is 0 Å². The van der Waals surface area contributed by atoms with E-state index in [1.165, 1.54) is 10.9 Å². The fourth-order valence-corrected chi connectivity index (χ4v) is 2.41. The summed E-state index contributed by atoms with van der Waals surface area (Å²) >= 11 is 1.14. The Balaban J connectivity index is 2.10. The highest BCUT2D eigenvalue weighted by Gasteiger charge is 2.49. The van der Waals surface area contributed by atoms with Crippen molar-refractivity contribution >= 4 is 17.5 Å². The molecule has 2 aromatic rings. The maximum atomic E-state index is 11.4. The number of aromatic nitrogens is 6. The van der Waals surface area contributed by atoms with Crippen LogP contribution in [0.3, 0.4) is 0 Å². The number of hydrogen-bond acceptors (Lipinski definition) is 7. The average Bonchev–Trinajstić information content (AvgIpc) is 2.82. The Hall–Kier alpha value is -1.90. The van der Waals surface area contributed by atoms with Gasteiger partial charge in [-0.05, 0) is 41.2 Å². The van der Waals surface area contributed by atoms with Crippen molar-refractivity contribution in [2.24, 2.45) is 0 Å². The minimum Gasteiger partial charge on any atom is -0.479 e. The molecule has 3 rings (SSSR count). The molecule has 88 valence electrons. The lowest BCUT2D eigenvalue weighted by molar-refractivity contribution is -0.153. The highest BCUT2D eigenvalue weighted by atomic mass is 32.1. The Morgan fingerprint density at radius 3 is 2.88 bits per heavy atom. The molecule has 0 radical (unpaired) electrons. The normalized spacial score (nSPS) is 17.6. The maximum absolute atomic E-state index is 11.4. The van der Waals surface area contributed by atoms with Crippen molar-refractivity contribution in [2.75, 3.05) is 0 Å². The molecule has 1 saturated carbocycles. The van der Waals surface area contributed by atoms with Crippen LogP contribution in [-0.2, 0) is 10.3 Å². The summed E-state index contributed by atoms with van der Waals surface area (Å²) in [5, 5.41) is 24.3. The molecule has 17 heavy (non-hydrogen) atoms. The number of aliphatic carboxylic acids is 1. The first-order valence-corrected chi connectivity index (χ1v) is 5.81. The molecule has 8 nitrogen and oxygen atoms in total. The average molecular weight is 252 g/mol. The number of carbonyl (C=O) groups is 1. The number of tetrazole rings is 1. The summed E-state index contributed by atoms with van der Waals surface area (Å²) in [5.74, 6) is -0.475. The number of rotatable bonds is 3. The van der Waals surface area contributed by atoms with E-state index in [4.69, 9.17) is 0 Å². The van der Waals surface area contributed by atoms with E-state index in [1.54, 1.807) is 0 Å². The Morgan fingerprint density at radius 2 is 2.35 bits per heavy atom. The van der Waals surface area contributed by atoms with Crippen LogP contribution in [0.5, 0.6) is 0 Å². The molecule has 1 fully saturated rings. The summed E-state index contributed by atoms with van der Waals surface area (Å²) in [6.45, 7) is 0. The third kappa shape index (κ3) is 1.35. The highest BCUT2D eigenvalue weighted by Crippen LogP contribution is 2.41. The minimum atomic E-state index is -0.997. The van der Waals surface area contributed by atoms with Crippen LogP contribution in [0.15, 0.2) is 6.20 Å². The summed E-state index contributed by atoms with van der Waals surface area (Å²) in [7, 11) is 0. The Morgan fingerprint density at radius 1 is 1.53 bits per heavy atom. The largest absolute Gasteiger partial charge is 0.479 e. The van der Waals surface area contributed by atoms with Gasteiger partial charge in [0.1, 0.15) is 4.88 Å². The minimum absolute atomic E-state index is 0.419. The Labute approximate surface area is 99.4 Å². The van der Waals surface area contributed by atoms with Gasteiger partial charge in [0.05, 0.1) is 6.20 Å². The number of hydrogen-bond donors (Lipinski definition) is 1. The lowest BCUT2D eigenvalue weighted by Crippen LogP contribution is -2.48. The van der Waals surface area contributed by atoms with E-state index in [9.17, 15) is 9.90 Å². The van der Waals surface area contributed by atoms with Gasteiger partial charge < -0.3 is 5.11 Å². The second kappa shape index (κ2) is 3.55. The van der Waals surface area contributed by atoms with Gasteiger partial charge in [-0.25, -0.2) is 9.48 Å². The Kier molecular flexibility index (Phi) is 2.15. The lowest BCUT2D eigenvalue weighted by atomic mass is 9.77. The van der Waals surface area contributed by atoms with Crippen LogP contribution in [0.2, 0.25) is 0 Å². The molecule has 1 N–H and O–H groups in total. The fourth-order valence-electron chi connectivity index (χ4n) is 1.92. The predicted octanol–water partition coefficient (Wildman–Crippen LogP) is 0.155. The van der Waals surface area contributed by atoms with Crippen molar-refractivity contribution in [3.05, 3.63) is 6.20 Å². The van der Waals surface area contributed by atoms with Crippen LogP contribution in [0.25, 0.3) is 10.7 Å². The van der Waals surface area contributed by atoms with Crippen LogP contribution >= 0.6 is 11.5 Å². The van der Waals surface area contributed by atoms with Crippen molar-refractivity contribution in [3.8, 4) is 10.7 Å². The van der Waals surface area contributed by atoms with Crippen molar-refractivity contribution < 1.29 is 9.90 Å². The van der Waals surface area contributed by atoms with Crippen LogP contribution in [0.4, 0.5) is 0 Å². The molecule has 2 heterocycles. The summed E-state index contributed by atoms with van der Waals surface area (Å²) in [5.41, 5.74) is -0.997. The van der Waals surface area contributed by atoms with E-state index in [0.29, 0.717) is 23.5 Å². The monoisotopic (exact) mass is 252 g/mol. The molecule has 0 atom stereocenters. The molecular formula is C8H8N6O2S. The van der Waals surface area contributed by atoms with Crippen molar-refractivity contribution in [1.29, 1.82) is 0 Å². The Bertz CT molecular complexity index is 546. The van der Waals surface area contributed by atoms with Gasteiger partial charge in [0.2, 0.25) is 0 Å². The summed E-state index contributed by atoms with van der Waals surface area (Å²) < 4.78 is 5.11. The SMILES string of the molecule is O=C(O)C1(n2nnnc2-c2cnns2)CCC1. The highest BCUT2D eigenvalue weighted by molar-refractivity contribution is 7.09. The zero-order valence-electron chi connectivity index (χ0n) is 8.65. The van der Waals surface area contributed by atoms with Crippen LogP contribution in [0.1, 0.15) is 19.3 Å². The van der Waals surface area contributed by atoms with Crippen LogP contribution < -0.4 is 0 Å². The van der Waals surface area contributed by atoms with Gasteiger partial charge in [-0.15, -0.1) is 10.2 Å². The molecule has 0 aromatic carbocycles. The van der Waals surface area contributed by atoms with E-state index in [0.717, 1.165) is 18.0 Å². The molecule has 9 heteroatoms. The van der Waals surface area contributed by atoms with Gasteiger partial charge in [0.25, 0.3) is 0 Å². The van der Waals surface area contributed by atoms with E-state index in [2.05, 4.69) is 25.1 Å². The molecule has 1 aliphatic carbocycles. The fraction of sp³-hybridized carbons (Fsp3) is 0.500. The molecule has 2 aromatic heterocycles. The van der Waals surface area contributed by atoms with E-state index < -0.39 is 11.5 Å². The molecule has 0 bridgehead atoms. The molecule has 0 amide bonds. The molecule has 0 saturated heterocycles. The molecule has 0 aliphatic heterocycles. The van der Waals surface area contributed by atoms with Gasteiger partial charge in [-0.3, -0.25) is 0 Å². The zero-order chi connectivity index (χ0) is 11.9. The zero-order valence-corrected chi connectivity index (χ0v) is 9.46. The standard InChI is InChI=1S/C8H8N6O2S/c15-7(16)8(2-1-3-8)14-6(10-11-12-14)5-4-9-13-17-5/h4H,1-3H2,(H,15,16). The predicted molar refractivity (Wildman–Crippen MR) is 56.2 cm³/mol. The summed E-state index contributed by atoms with van der Waals surface area (Å²) in [6.07, 6.45) is 3.49.